The van der Waals surface area contributed by atoms with E-state index in [0.717, 1.165) is 31.6 Å². The largest absolute Gasteiger partial charge is 0.465 e. The van der Waals surface area contributed by atoms with Gasteiger partial charge in [-0.2, -0.15) is 0 Å². The summed E-state index contributed by atoms with van der Waals surface area (Å²) >= 11 is 0. The lowest BCUT2D eigenvalue weighted by atomic mass is 10.0. The lowest BCUT2D eigenvalue weighted by Crippen LogP contribution is -2.45. The molecule has 0 amide bonds. The maximum Gasteiger partial charge on any atom is 0.340 e. The van der Waals surface area contributed by atoms with Crippen LogP contribution in [0.5, 0.6) is 0 Å². The van der Waals surface area contributed by atoms with Gasteiger partial charge in [-0.1, -0.05) is 0 Å². The second-order valence-electron chi connectivity index (χ2n) is 5.36. The molecular formula is C15H20N2O4. The van der Waals surface area contributed by atoms with E-state index in [4.69, 9.17) is 19.9 Å². The van der Waals surface area contributed by atoms with Crippen molar-refractivity contribution in [2.75, 3.05) is 44.0 Å². The number of hydrogen-bond acceptors (Lipinski definition) is 6. The average Bonchev–Trinajstić information content (AvgIpc) is 2.96. The van der Waals surface area contributed by atoms with Crippen LogP contribution in [-0.4, -0.2) is 45.2 Å². The third-order valence-corrected chi connectivity index (χ3v) is 4.11. The highest BCUT2D eigenvalue weighted by Crippen LogP contribution is 2.34. The Kier molecular flexibility index (Phi) is 3.73. The highest BCUT2D eigenvalue weighted by molar-refractivity contribution is 5.97. The summed E-state index contributed by atoms with van der Waals surface area (Å²) in [5, 5.41) is 0. The zero-order chi connectivity index (χ0) is 14.9. The van der Waals surface area contributed by atoms with Crippen LogP contribution in [0.25, 0.3) is 0 Å². The average molecular weight is 292 g/mol. The summed E-state index contributed by atoms with van der Waals surface area (Å²) in [6.45, 7) is 2.87. The van der Waals surface area contributed by atoms with Crippen molar-refractivity contribution in [3.63, 3.8) is 0 Å². The predicted molar refractivity (Wildman–Crippen MR) is 78.3 cm³/mol. The zero-order valence-corrected chi connectivity index (χ0v) is 12.1. The minimum absolute atomic E-state index is 0.369. The molecule has 21 heavy (non-hydrogen) atoms. The molecule has 6 heteroatoms. The summed E-state index contributed by atoms with van der Waals surface area (Å²) in [6, 6.07) is 5.33. The molecule has 2 saturated heterocycles. The van der Waals surface area contributed by atoms with E-state index in [1.807, 2.05) is 6.07 Å². The number of piperidine rings is 1. The van der Waals surface area contributed by atoms with Gasteiger partial charge in [-0.25, -0.2) is 4.79 Å². The van der Waals surface area contributed by atoms with Crippen LogP contribution in [0, 0.1) is 0 Å². The SMILES string of the molecule is COC(=O)c1cc(N)ccc1N1CCC2(CC1)OCCO2. The molecule has 2 heterocycles. The number of methoxy groups -OCH3 is 1. The summed E-state index contributed by atoms with van der Waals surface area (Å²) < 4.78 is 16.3. The van der Waals surface area contributed by atoms with E-state index in [9.17, 15) is 4.79 Å². The van der Waals surface area contributed by atoms with Gasteiger partial charge in [0.25, 0.3) is 0 Å². The molecule has 3 rings (SSSR count). The normalized spacial score (nSPS) is 20.7. The Bertz CT molecular complexity index is 530. The standard InChI is InChI=1S/C15H20N2O4/c1-19-14(18)12-10-11(16)2-3-13(12)17-6-4-15(5-7-17)20-8-9-21-15/h2-3,10H,4-9,16H2,1H3. The third-order valence-electron chi connectivity index (χ3n) is 4.11. The molecule has 0 unspecified atom stereocenters. The Morgan fingerprint density at radius 2 is 1.95 bits per heavy atom. The van der Waals surface area contributed by atoms with Crippen molar-refractivity contribution < 1.29 is 19.0 Å². The molecule has 1 spiro atoms. The number of carbonyl (C=O) groups is 1. The van der Waals surface area contributed by atoms with Crippen molar-refractivity contribution in [2.45, 2.75) is 18.6 Å². The number of hydrogen-bond donors (Lipinski definition) is 1. The molecule has 2 aliphatic rings. The first-order valence-electron chi connectivity index (χ1n) is 7.14. The topological polar surface area (TPSA) is 74.0 Å². The number of nitrogens with zero attached hydrogens (tertiary/aromatic N) is 1. The van der Waals surface area contributed by atoms with Crippen LogP contribution in [0.4, 0.5) is 11.4 Å². The van der Waals surface area contributed by atoms with Gasteiger partial charge in [-0.15, -0.1) is 0 Å². The van der Waals surface area contributed by atoms with Crippen molar-refractivity contribution in [1.29, 1.82) is 0 Å². The van der Waals surface area contributed by atoms with Gasteiger partial charge < -0.3 is 24.8 Å². The van der Waals surface area contributed by atoms with E-state index in [1.54, 1.807) is 12.1 Å². The van der Waals surface area contributed by atoms with Gasteiger partial charge in [0, 0.05) is 31.6 Å². The molecular weight excluding hydrogens is 272 g/mol. The molecule has 0 aromatic heterocycles. The molecule has 6 nitrogen and oxygen atoms in total. The third kappa shape index (κ3) is 2.69. The highest BCUT2D eigenvalue weighted by Gasteiger charge is 2.40. The number of esters is 1. The van der Waals surface area contributed by atoms with Crippen molar-refractivity contribution >= 4 is 17.3 Å². The van der Waals surface area contributed by atoms with Crippen LogP contribution in [-0.2, 0) is 14.2 Å². The van der Waals surface area contributed by atoms with Crippen molar-refractivity contribution in [3.05, 3.63) is 23.8 Å². The molecule has 0 aliphatic carbocycles. The van der Waals surface area contributed by atoms with Gasteiger partial charge >= 0.3 is 5.97 Å². The van der Waals surface area contributed by atoms with E-state index in [0.29, 0.717) is 24.5 Å². The fraction of sp³-hybridized carbons (Fsp3) is 0.533. The summed E-state index contributed by atoms with van der Waals surface area (Å²) in [4.78, 5) is 14.1. The number of carbonyl (C=O) groups excluding carboxylic acids is 1. The van der Waals surface area contributed by atoms with Crippen molar-refractivity contribution in [3.8, 4) is 0 Å². The number of nitrogens with two attached hydrogens (primary N) is 1. The first-order chi connectivity index (χ1) is 10.1. The quantitative estimate of drug-likeness (QED) is 0.656. The van der Waals surface area contributed by atoms with Crippen molar-refractivity contribution in [2.24, 2.45) is 0 Å². The maximum absolute atomic E-state index is 11.9. The van der Waals surface area contributed by atoms with Crippen molar-refractivity contribution in [1.82, 2.24) is 0 Å². The minimum Gasteiger partial charge on any atom is -0.465 e. The molecule has 1 aromatic carbocycles. The molecule has 0 saturated carbocycles. The summed E-state index contributed by atoms with van der Waals surface area (Å²) in [7, 11) is 1.38. The fourth-order valence-corrected chi connectivity index (χ4v) is 2.98. The lowest BCUT2D eigenvalue weighted by molar-refractivity contribution is -0.169. The Morgan fingerprint density at radius 1 is 1.29 bits per heavy atom. The number of rotatable bonds is 2. The molecule has 2 N–H and O–H groups in total. The van der Waals surface area contributed by atoms with Crippen LogP contribution in [0.1, 0.15) is 23.2 Å². The van der Waals surface area contributed by atoms with Gasteiger partial charge in [-0.05, 0) is 18.2 Å². The molecule has 114 valence electrons. The predicted octanol–water partition coefficient (Wildman–Crippen LogP) is 1.40. The first-order valence-corrected chi connectivity index (χ1v) is 7.14. The number of anilines is 2. The summed E-state index contributed by atoms with van der Waals surface area (Å²) in [5.74, 6) is -0.790. The second-order valence-corrected chi connectivity index (χ2v) is 5.36. The maximum atomic E-state index is 11.9. The van der Waals surface area contributed by atoms with Crippen LogP contribution in [0.2, 0.25) is 0 Å². The Balaban J connectivity index is 1.80. The minimum atomic E-state index is -0.421. The van der Waals surface area contributed by atoms with Crippen LogP contribution >= 0.6 is 0 Å². The van der Waals surface area contributed by atoms with Gasteiger partial charge in [0.05, 0.1) is 31.6 Å². The van der Waals surface area contributed by atoms with E-state index < -0.39 is 5.79 Å². The number of nitrogen functional groups attached to an aromatic ring is 1. The zero-order valence-electron chi connectivity index (χ0n) is 12.1. The van der Waals surface area contributed by atoms with Gasteiger partial charge in [0.1, 0.15) is 0 Å². The Morgan fingerprint density at radius 3 is 2.57 bits per heavy atom. The van der Waals surface area contributed by atoms with Gasteiger partial charge in [-0.3, -0.25) is 0 Å². The highest BCUT2D eigenvalue weighted by atomic mass is 16.7. The molecule has 2 fully saturated rings. The number of benzene rings is 1. The number of ether oxygens (including phenoxy) is 3. The molecule has 0 atom stereocenters. The van der Waals surface area contributed by atoms with E-state index in [1.165, 1.54) is 7.11 Å². The van der Waals surface area contributed by atoms with E-state index in [-0.39, 0.29) is 5.97 Å². The lowest BCUT2D eigenvalue weighted by Gasteiger charge is -2.39. The Hall–Kier alpha value is -1.79. The molecule has 1 aromatic rings. The Labute approximate surface area is 123 Å². The molecule has 2 aliphatic heterocycles. The van der Waals surface area contributed by atoms with Gasteiger partial charge in [0.2, 0.25) is 0 Å². The monoisotopic (exact) mass is 292 g/mol. The first kappa shape index (κ1) is 14.2. The van der Waals surface area contributed by atoms with E-state index in [2.05, 4.69) is 4.90 Å². The van der Waals surface area contributed by atoms with Crippen LogP contribution in [0.15, 0.2) is 18.2 Å². The molecule has 0 radical (unpaired) electrons. The molecule has 0 bridgehead atoms. The fourth-order valence-electron chi connectivity index (χ4n) is 2.98. The smallest absolute Gasteiger partial charge is 0.340 e. The van der Waals surface area contributed by atoms with E-state index >= 15 is 0 Å². The van der Waals surface area contributed by atoms with Crippen LogP contribution < -0.4 is 10.6 Å². The summed E-state index contributed by atoms with van der Waals surface area (Å²) in [6.07, 6.45) is 1.58. The summed E-state index contributed by atoms with van der Waals surface area (Å²) in [5.41, 5.74) is 7.68. The second kappa shape index (κ2) is 5.54. The van der Waals surface area contributed by atoms with Gasteiger partial charge in [0.15, 0.2) is 5.79 Å². The van der Waals surface area contributed by atoms with Crippen LogP contribution in [0.3, 0.4) is 0 Å².